The van der Waals surface area contributed by atoms with E-state index in [0.29, 0.717) is 6.04 Å². The molecule has 2 unspecified atom stereocenters. The molecule has 2 atom stereocenters. The minimum atomic E-state index is 0.619. The topological polar surface area (TPSA) is 15.3 Å². The summed E-state index contributed by atoms with van der Waals surface area (Å²) in [6.07, 6.45) is 3.95. The molecule has 3 heteroatoms. The van der Waals surface area contributed by atoms with Gasteiger partial charge in [-0.1, -0.05) is 24.6 Å². The van der Waals surface area contributed by atoms with Crippen LogP contribution in [0.15, 0.2) is 18.2 Å². The SMILES string of the molecule is CC1CC(C)N(c2cc(Cl)ccc2CNC2CC2)C1. The number of nitrogens with one attached hydrogen (secondary N) is 1. The number of benzene rings is 1. The molecule has 1 saturated heterocycles. The average molecular weight is 279 g/mol. The number of halogens is 1. The lowest BCUT2D eigenvalue weighted by Crippen LogP contribution is -2.28. The van der Waals surface area contributed by atoms with Crippen LogP contribution in [-0.2, 0) is 6.54 Å². The van der Waals surface area contributed by atoms with Gasteiger partial charge in [-0.2, -0.15) is 0 Å². The van der Waals surface area contributed by atoms with Crippen molar-refractivity contribution < 1.29 is 0 Å². The second kappa shape index (κ2) is 5.34. The zero-order chi connectivity index (χ0) is 13.4. The van der Waals surface area contributed by atoms with Gasteiger partial charge < -0.3 is 10.2 Å². The predicted molar refractivity (Wildman–Crippen MR) is 81.9 cm³/mol. The van der Waals surface area contributed by atoms with Crippen LogP contribution in [0.2, 0.25) is 5.02 Å². The van der Waals surface area contributed by atoms with Crippen LogP contribution in [0.1, 0.15) is 38.7 Å². The largest absolute Gasteiger partial charge is 0.368 e. The van der Waals surface area contributed by atoms with Crippen molar-refractivity contribution in [1.82, 2.24) is 5.32 Å². The average Bonchev–Trinajstić information content (AvgIpc) is 3.13. The highest BCUT2D eigenvalue weighted by molar-refractivity contribution is 6.30. The normalized spacial score (nSPS) is 27.0. The first-order chi connectivity index (χ1) is 9.13. The van der Waals surface area contributed by atoms with Crippen molar-refractivity contribution in [3.05, 3.63) is 28.8 Å². The molecule has 0 radical (unpaired) electrons. The highest BCUT2D eigenvalue weighted by atomic mass is 35.5. The smallest absolute Gasteiger partial charge is 0.0429 e. The van der Waals surface area contributed by atoms with Crippen molar-refractivity contribution in [2.24, 2.45) is 5.92 Å². The van der Waals surface area contributed by atoms with E-state index >= 15 is 0 Å². The van der Waals surface area contributed by atoms with Crippen molar-refractivity contribution in [2.75, 3.05) is 11.4 Å². The first kappa shape index (κ1) is 13.3. The minimum absolute atomic E-state index is 0.619. The summed E-state index contributed by atoms with van der Waals surface area (Å²) in [4.78, 5) is 2.53. The van der Waals surface area contributed by atoms with Gasteiger partial charge in [-0.05, 0) is 49.8 Å². The summed E-state index contributed by atoms with van der Waals surface area (Å²) < 4.78 is 0. The third-order valence-corrected chi connectivity index (χ3v) is 4.53. The number of anilines is 1. The Labute approximate surface area is 121 Å². The monoisotopic (exact) mass is 278 g/mol. The zero-order valence-corrected chi connectivity index (χ0v) is 12.6. The van der Waals surface area contributed by atoms with Crippen molar-refractivity contribution in [3.63, 3.8) is 0 Å². The molecular formula is C16H23ClN2. The molecule has 1 aliphatic heterocycles. The van der Waals surface area contributed by atoms with Crippen LogP contribution in [0.3, 0.4) is 0 Å². The molecule has 104 valence electrons. The van der Waals surface area contributed by atoms with Crippen LogP contribution in [0, 0.1) is 5.92 Å². The second-order valence-electron chi connectivity index (χ2n) is 6.27. The molecule has 1 aromatic carbocycles. The summed E-state index contributed by atoms with van der Waals surface area (Å²) in [7, 11) is 0. The van der Waals surface area contributed by atoms with Gasteiger partial charge in [-0.15, -0.1) is 0 Å². The molecule has 1 aliphatic carbocycles. The molecule has 1 saturated carbocycles. The maximum Gasteiger partial charge on any atom is 0.0429 e. The number of rotatable bonds is 4. The van der Waals surface area contributed by atoms with Crippen LogP contribution in [0.4, 0.5) is 5.69 Å². The highest BCUT2D eigenvalue weighted by Gasteiger charge is 2.28. The Kier molecular flexibility index (Phi) is 3.72. The van der Waals surface area contributed by atoms with E-state index in [-0.39, 0.29) is 0 Å². The van der Waals surface area contributed by atoms with Gasteiger partial charge in [0, 0.05) is 35.9 Å². The third-order valence-electron chi connectivity index (χ3n) is 4.30. The molecule has 2 nitrogen and oxygen atoms in total. The van der Waals surface area contributed by atoms with E-state index in [1.165, 1.54) is 30.5 Å². The van der Waals surface area contributed by atoms with Gasteiger partial charge in [-0.25, -0.2) is 0 Å². The number of hydrogen-bond donors (Lipinski definition) is 1. The second-order valence-corrected chi connectivity index (χ2v) is 6.71. The van der Waals surface area contributed by atoms with Gasteiger partial charge >= 0.3 is 0 Å². The molecule has 3 rings (SSSR count). The number of hydrogen-bond acceptors (Lipinski definition) is 2. The highest BCUT2D eigenvalue weighted by Crippen LogP contribution is 2.33. The fourth-order valence-electron chi connectivity index (χ4n) is 3.13. The van der Waals surface area contributed by atoms with Crippen LogP contribution in [0.25, 0.3) is 0 Å². The van der Waals surface area contributed by atoms with E-state index < -0.39 is 0 Å². The maximum atomic E-state index is 6.21. The summed E-state index contributed by atoms with van der Waals surface area (Å²) in [5, 5.41) is 4.46. The van der Waals surface area contributed by atoms with Crippen molar-refractivity contribution >= 4 is 17.3 Å². The van der Waals surface area contributed by atoms with Crippen molar-refractivity contribution in [3.8, 4) is 0 Å². The maximum absolute atomic E-state index is 6.21. The molecule has 2 aliphatic rings. The van der Waals surface area contributed by atoms with Crippen LogP contribution in [0.5, 0.6) is 0 Å². The fourth-order valence-corrected chi connectivity index (χ4v) is 3.30. The third kappa shape index (κ3) is 3.06. The minimum Gasteiger partial charge on any atom is -0.368 e. The van der Waals surface area contributed by atoms with Gasteiger partial charge in [0.1, 0.15) is 0 Å². The van der Waals surface area contributed by atoms with E-state index in [2.05, 4.69) is 36.2 Å². The molecule has 1 heterocycles. The summed E-state index contributed by atoms with van der Waals surface area (Å²) >= 11 is 6.21. The Balaban J connectivity index is 1.82. The molecule has 0 bridgehead atoms. The summed E-state index contributed by atoms with van der Waals surface area (Å²) in [6.45, 7) is 6.78. The zero-order valence-electron chi connectivity index (χ0n) is 11.8. The van der Waals surface area contributed by atoms with Crippen LogP contribution >= 0.6 is 11.6 Å². The molecule has 0 spiro atoms. The lowest BCUT2D eigenvalue weighted by molar-refractivity contribution is 0.625. The molecule has 0 aromatic heterocycles. The quantitative estimate of drug-likeness (QED) is 0.901. The molecular weight excluding hydrogens is 256 g/mol. The lowest BCUT2D eigenvalue weighted by atomic mass is 10.1. The van der Waals surface area contributed by atoms with E-state index in [1.54, 1.807) is 0 Å². The van der Waals surface area contributed by atoms with E-state index in [0.717, 1.165) is 30.1 Å². The standard InChI is InChI=1S/C16H23ClN2/c1-11-7-12(2)19(10-11)16-8-14(17)4-3-13(16)9-18-15-5-6-15/h3-4,8,11-12,15,18H,5-7,9-10H2,1-2H3. The van der Waals surface area contributed by atoms with Crippen LogP contribution < -0.4 is 10.2 Å². The predicted octanol–water partition coefficient (Wildman–Crippen LogP) is 3.83. The van der Waals surface area contributed by atoms with Gasteiger partial charge in [0.2, 0.25) is 0 Å². The van der Waals surface area contributed by atoms with Gasteiger partial charge in [0.05, 0.1) is 0 Å². The van der Waals surface area contributed by atoms with Gasteiger partial charge in [0.25, 0.3) is 0 Å². The van der Waals surface area contributed by atoms with Gasteiger partial charge in [0.15, 0.2) is 0 Å². The first-order valence-electron chi connectivity index (χ1n) is 7.42. The number of nitrogens with zero attached hydrogens (tertiary/aromatic N) is 1. The Morgan fingerprint density at radius 3 is 2.74 bits per heavy atom. The fraction of sp³-hybridized carbons (Fsp3) is 0.625. The Morgan fingerprint density at radius 2 is 2.11 bits per heavy atom. The molecule has 1 N–H and O–H groups in total. The summed E-state index contributed by atoms with van der Waals surface area (Å²) in [5.74, 6) is 0.776. The Hall–Kier alpha value is -0.730. The molecule has 1 aromatic rings. The van der Waals surface area contributed by atoms with E-state index in [9.17, 15) is 0 Å². The molecule has 2 fully saturated rings. The Morgan fingerprint density at radius 1 is 1.32 bits per heavy atom. The van der Waals surface area contributed by atoms with Crippen molar-refractivity contribution in [1.29, 1.82) is 0 Å². The summed E-state index contributed by atoms with van der Waals surface area (Å²) in [5.41, 5.74) is 2.72. The Bertz CT molecular complexity index is 456. The van der Waals surface area contributed by atoms with Gasteiger partial charge in [-0.3, -0.25) is 0 Å². The van der Waals surface area contributed by atoms with E-state index in [1.807, 2.05) is 6.07 Å². The molecule has 0 amide bonds. The first-order valence-corrected chi connectivity index (χ1v) is 7.79. The lowest BCUT2D eigenvalue weighted by Gasteiger charge is -2.27. The molecule has 19 heavy (non-hydrogen) atoms. The van der Waals surface area contributed by atoms with Crippen molar-refractivity contribution in [2.45, 2.75) is 51.7 Å². The summed E-state index contributed by atoms with van der Waals surface area (Å²) in [6, 6.07) is 7.70. The van der Waals surface area contributed by atoms with Crippen LogP contribution in [-0.4, -0.2) is 18.6 Å². The van der Waals surface area contributed by atoms with E-state index in [4.69, 9.17) is 11.6 Å².